The van der Waals surface area contributed by atoms with Gasteiger partial charge in [-0.05, 0) is 37.6 Å². The van der Waals surface area contributed by atoms with Crippen LogP contribution in [-0.2, 0) is 0 Å². The number of ether oxygens (including phenoxy) is 2. The molecule has 1 aliphatic rings. The van der Waals surface area contributed by atoms with Crippen LogP contribution in [0.25, 0.3) is 0 Å². The molecule has 2 heterocycles. The van der Waals surface area contributed by atoms with E-state index < -0.39 is 0 Å². The van der Waals surface area contributed by atoms with Crippen LogP contribution < -0.4 is 14.3 Å². The first kappa shape index (κ1) is 12.9. The van der Waals surface area contributed by atoms with Gasteiger partial charge in [-0.2, -0.15) is 5.10 Å². The van der Waals surface area contributed by atoms with Gasteiger partial charge in [0.2, 0.25) is 11.6 Å². The molecule has 0 saturated carbocycles. The zero-order valence-corrected chi connectivity index (χ0v) is 12.2. The summed E-state index contributed by atoms with van der Waals surface area (Å²) >= 11 is 1.59. The Morgan fingerprint density at radius 2 is 2.20 bits per heavy atom. The fourth-order valence-electron chi connectivity index (χ4n) is 1.89. The summed E-state index contributed by atoms with van der Waals surface area (Å²) in [4.78, 5) is 5.33. The van der Waals surface area contributed by atoms with E-state index in [4.69, 9.17) is 9.47 Å². The van der Waals surface area contributed by atoms with Crippen molar-refractivity contribution in [3.05, 3.63) is 39.6 Å². The Kier molecular flexibility index (Phi) is 3.56. The molecule has 2 aromatic rings. The second-order valence-corrected chi connectivity index (χ2v) is 5.14. The van der Waals surface area contributed by atoms with Crippen LogP contribution >= 0.6 is 11.3 Å². The Labute approximate surface area is 120 Å². The number of nitrogens with zero attached hydrogens (tertiary/aromatic N) is 3. The van der Waals surface area contributed by atoms with Crippen LogP contribution in [0.3, 0.4) is 0 Å². The molecule has 0 aliphatic carbocycles. The molecule has 6 heteroatoms. The average molecular weight is 289 g/mol. The van der Waals surface area contributed by atoms with Crippen molar-refractivity contribution in [2.75, 3.05) is 13.3 Å². The van der Waals surface area contributed by atoms with Crippen molar-refractivity contribution in [1.82, 2.24) is 4.68 Å². The zero-order chi connectivity index (χ0) is 13.9. The van der Waals surface area contributed by atoms with Crippen LogP contribution in [0.2, 0.25) is 0 Å². The summed E-state index contributed by atoms with van der Waals surface area (Å²) in [6.45, 7) is 5.07. The molecule has 5 nitrogen and oxygen atoms in total. The number of benzene rings is 1. The maximum atomic E-state index is 5.36. The number of thiazole rings is 1. The van der Waals surface area contributed by atoms with E-state index in [2.05, 4.69) is 10.1 Å². The van der Waals surface area contributed by atoms with Gasteiger partial charge in [0.15, 0.2) is 11.5 Å². The summed E-state index contributed by atoms with van der Waals surface area (Å²) in [6.07, 6.45) is 1.80. The van der Waals surface area contributed by atoms with Crippen LogP contribution in [0.4, 0.5) is 0 Å². The van der Waals surface area contributed by atoms with Gasteiger partial charge >= 0.3 is 0 Å². The molecule has 0 atom stereocenters. The third-order valence-corrected chi connectivity index (χ3v) is 3.83. The van der Waals surface area contributed by atoms with Crippen LogP contribution in [0, 0.1) is 6.92 Å². The van der Waals surface area contributed by atoms with Crippen molar-refractivity contribution in [2.24, 2.45) is 10.1 Å². The van der Waals surface area contributed by atoms with E-state index >= 15 is 0 Å². The van der Waals surface area contributed by atoms with E-state index in [1.807, 2.05) is 42.1 Å². The fraction of sp³-hybridized carbons (Fsp3) is 0.286. The van der Waals surface area contributed by atoms with E-state index in [-0.39, 0.29) is 6.79 Å². The largest absolute Gasteiger partial charge is 0.454 e. The second kappa shape index (κ2) is 5.50. The molecule has 0 saturated heterocycles. The number of aryl methyl sites for hydroxylation is 1. The minimum atomic E-state index is 0.286. The normalized spacial score (nSPS) is 14.4. The monoisotopic (exact) mass is 289 g/mol. The maximum absolute atomic E-state index is 5.36. The Morgan fingerprint density at radius 3 is 3.05 bits per heavy atom. The third kappa shape index (κ3) is 2.46. The maximum Gasteiger partial charge on any atom is 0.231 e. The number of hydrogen-bond acceptors (Lipinski definition) is 5. The molecular formula is C14H15N3O2S. The van der Waals surface area contributed by atoms with Gasteiger partial charge in [0.05, 0.1) is 11.9 Å². The molecular weight excluding hydrogens is 274 g/mol. The first-order valence-electron chi connectivity index (χ1n) is 6.39. The number of rotatable bonds is 3. The first-order chi connectivity index (χ1) is 9.78. The van der Waals surface area contributed by atoms with Gasteiger partial charge in [-0.25, -0.2) is 4.68 Å². The van der Waals surface area contributed by atoms with Crippen LogP contribution in [0.15, 0.2) is 33.7 Å². The summed E-state index contributed by atoms with van der Waals surface area (Å²) in [7, 11) is 0. The highest BCUT2D eigenvalue weighted by molar-refractivity contribution is 7.07. The highest BCUT2D eigenvalue weighted by Gasteiger charge is 2.12. The summed E-state index contributed by atoms with van der Waals surface area (Å²) in [6, 6.07) is 5.77. The molecule has 104 valence electrons. The molecule has 0 spiro atoms. The Bertz CT molecular complexity index is 715. The molecule has 1 aromatic heterocycles. The predicted molar refractivity (Wildman–Crippen MR) is 78.7 cm³/mol. The quantitative estimate of drug-likeness (QED) is 0.815. The van der Waals surface area contributed by atoms with Crippen LogP contribution in [0.1, 0.15) is 18.2 Å². The van der Waals surface area contributed by atoms with Crippen LogP contribution in [-0.4, -0.2) is 24.2 Å². The zero-order valence-electron chi connectivity index (χ0n) is 11.4. The van der Waals surface area contributed by atoms with Crippen molar-refractivity contribution in [3.8, 4) is 11.5 Å². The molecule has 1 aromatic carbocycles. The lowest BCUT2D eigenvalue weighted by Crippen LogP contribution is -2.12. The van der Waals surface area contributed by atoms with Gasteiger partial charge < -0.3 is 9.47 Å². The molecule has 20 heavy (non-hydrogen) atoms. The van der Waals surface area contributed by atoms with Gasteiger partial charge in [0.1, 0.15) is 0 Å². The highest BCUT2D eigenvalue weighted by Crippen LogP contribution is 2.31. The lowest BCUT2D eigenvalue weighted by molar-refractivity contribution is 0.174. The summed E-state index contributed by atoms with van der Waals surface area (Å²) in [5, 5.41) is 6.54. The van der Waals surface area contributed by atoms with Crippen molar-refractivity contribution < 1.29 is 9.47 Å². The molecule has 3 rings (SSSR count). The molecule has 0 bridgehead atoms. The molecule has 0 fully saturated rings. The topological polar surface area (TPSA) is 48.1 Å². The Balaban J connectivity index is 1.91. The second-order valence-electron chi connectivity index (χ2n) is 4.30. The van der Waals surface area contributed by atoms with Crippen LogP contribution in [0.5, 0.6) is 11.5 Å². The lowest BCUT2D eigenvalue weighted by atomic mass is 10.2. The smallest absolute Gasteiger partial charge is 0.231 e. The van der Waals surface area contributed by atoms with E-state index in [9.17, 15) is 0 Å². The van der Waals surface area contributed by atoms with Gasteiger partial charge in [-0.3, -0.25) is 4.99 Å². The van der Waals surface area contributed by atoms with Crippen molar-refractivity contribution in [1.29, 1.82) is 0 Å². The molecule has 1 aliphatic heterocycles. The molecule has 0 amide bonds. The van der Waals surface area contributed by atoms with E-state index in [1.54, 1.807) is 17.6 Å². The standard InChI is InChI=1S/C14H15N3O2S/c1-3-15-14-17(10(2)8-20-14)16-7-11-4-5-12-13(6-11)19-9-18-12/h4-8H,3,9H2,1-2H3/b15-14?,16-7+. The summed E-state index contributed by atoms with van der Waals surface area (Å²) < 4.78 is 12.5. The minimum Gasteiger partial charge on any atom is -0.454 e. The molecule has 0 N–H and O–H groups in total. The van der Waals surface area contributed by atoms with Crippen molar-refractivity contribution in [3.63, 3.8) is 0 Å². The SMILES string of the molecule is CCN=c1scc(C)n1/N=C/c1ccc2c(c1)OCO2. The number of fused-ring (bicyclic) bond motifs is 1. The number of aromatic nitrogens is 1. The molecule has 0 radical (unpaired) electrons. The Hall–Kier alpha value is -2.08. The van der Waals surface area contributed by atoms with Crippen molar-refractivity contribution in [2.45, 2.75) is 13.8 Å². The Morgan fingerprint density at radius 1 is 1.35 bits per heavy atom. The lowest BCUT2D eigenvalue weighted by Gasteiger charge is -1.99. The molecule has 0 unspecified atom stereocenters. The van der Waals surface area contributed by atoms with Gasteiger partial charge in [-0.1, -0.05) is 0 Å². The highest BCUT2D eigenvalue weighted by atomic mass is 32.1. The fourth-order valence-corrected chi connectivity index (χ4v) is 2.76. The average Bonchev–Trinajstić information content (AvgIpc) is 3.04. The van der Waals surface area contributed by atoms with Gasteiger partial charge in [0.25, 0.3) is 0 Å². The van der Waals surface area contributed by atoms with Crippen molar-refractivity contribution >= 4 is 17.6 Å². The van der Waals surface area contributed by atoms with E-state index in [0.717, 1.165) is 34.1 Å². The third-order valence-electron chi connectivity index (χ3n) is 2.86. The van der Waals surface area contributed by atoms with E-state index in [1.165, 1.54) is 0 Å². The predicted octanol–water partition coefficient (Wildman–Crippen LogP) is 2.39. The van der Waals surface area contributed by atoms with E-state index in [0.29, 0.717) is 0 Å². The van der Waals surface area contributed by atoms with Gasteiger partial charge in [0, 0.05) is 11.9 Å². The summed E-state index contributed by atoms with van der Waals surface area (Å²) in [5.74, 6) is 1.54. The van der Waals surface area contributed by atoms with Gasteiger partial charge in [-0.15, -0.1) is 11.3 Å². The first-order valence-corrected chi connectivity index (χ1v) is 7.27. The minimum absolute atomic E-state index is 0.286. The summed E-state index contributed by atoms with van der Waals surface area (Å²) in [5.41, 5.74) is 2.04. The number of hydrogen-bond donors (Lipinski definition) is 0.